The van der Waals surface area contributed by atoms with Crippen LogP contribution in [0.25, 0.3) is 0 Å². The number of carbonyl (C=O) groups excluding carboxylic acids is 1. The third kappa shape index (κ3) is 5.38. The van der Waals surface area contributed by atoms with Crippen molar-refractivity contribution in [2.24, 2.45) is 0 Å². The number of aliphatic hydroxyl groups is 1. The Bertz CT molecular complexity index is 467. The van der Waals surface area contributed by atoms with E-state index >= 15 is 0 Å². The molecule has 2 heterocycles. The van der Waals surface area contributed by atoms with E-state index < -0.39 is 11.7 Å². The van der Waals surface area contributed by atoms with Crippen molar-refractivity contribution in [3.63, 3.8) is 0 Å². The molecule has 1 aromatic heterocycles. The maximum atomic E-state index is 11.8. The van der Waals surface area contributed by atoms with E-state index in [1.807, 2.05) is 38.3 Å². The standard InChI is InChI=1S/C17H27NO3S/c1-17(2,3)21-16(20)8-10-18-9-4-6-13(18)12-14(19)15-7-5-11-22-15/h5,7,11,13-14,19H,4,6,8-10,12H2,1-3H3. The number of ether oxygens (including phenoxy) is 1. The fourth-order valence-corrected chi connectivity index (χ4v) is 3.66. The van der Waals surface area contributed by atoms with Crippen molar-refractivity contribution in [3.05, 3.63) is 22.4 Å². The summed E-state index contributed by atoms with van der Waals surface area (Å²) >= 11 is 1.60. The Morgan fingerprint density at radius 3 is 2.95 bits per heavy atom. The second-order valence-electron chi connectivity index (χ2n) is 6.94. The van der Waals surface area contributed by atoms with E-state index in [1.54, 1.807) is 11.3 Å². The van der Waals surface area contributed by atoms with Crippen LogP contribution in [0.3, 0.4) is 0 Å². The molecular weight excluding hydrogens is 298 g/mol. The Kier molecular flexibility index (Phi) is 6.01. The summed E-state index contributed by atoms with van der Waals surface area (Å²) in [5.41, 5.74) is -0.420. The van der Waals surface area contributed by atoms with Gasteiger partial charge in [-0.05, 0) is 58.0 Å². The normalized spacial score (nSPS) is 21.0. The highest BCUT2D eigenvalue weighted by Gasteiger charge is 2.28. The summed E-state index contributed by atoms with van der Waals surface area (Å²) in [5.74, 6) is -0.142. The Labute approximate surface area is 137 Å². The van der Waals surface area contributed by atoms with Gasteiger partial charge in [0, 0.05) is 17.5 Å². The third-order valence-corrected chi connectivity index (χ3v) is 4.86. The highest BCUT2D eigenvalue weighted by Crippen LogP contribution is 2.29. The van der Waals surface area contributed by atoms with E-state index in [1.165, 1.54) is 0 Å². The van der Waals surface area contributed by atoms with E-state index in [-0.39, 0.29) is 5.97 Å². The van der Waals surface area contributed by atoms with Crippen LogP contribution in [0.1, 0.15) is 57.4 Å². The molecular formula is C17H27NO3S. The first kappa shape index (κ1) is 17.4. The zero-order valence-corrected chi connectivity index (χ0v) is 14.6. The van der Waals surface area contributed by atoms with Crippen LogP contribution in [0, 0.1) is 0 Å². The van der Waals surface area contributed by atoms with Crippen molar-refractivity contribution >= 4 is 17.3 Å². The van der Waals surface area contributed by atoms with Gasteiger partial charge in [0.1, 0.15) is 5.60 Å². The molecule has 1 aliphatic rings. The van der Waals surface area contributed by atoms with Crippen LogP contribution >= 0.6 is 11.3 Å². The van der Waals surface area contributed by atoms with Gasteiger partial charge in [0.25, 0.3) is 0 Å². The fraction of sp³-hybridized carbons (Fsp3) is 0.706. The highest BCUT2D eigenvalue weighted by atomic mass is 32.1. The van der Waals surface area contributed by atoms with E-state index in [9.17, 15) is 9.90 Å². The fourth-order valence-electron chi connectivity index (χ4n) is 2.94. The van der Waals surface area contributed by atoms with E-state index in [0.717, 1.165) is 37.2 Å². The molecule has 0 amide bonds. The average molecular weight is 325 g/mol. The molecule has 0 aliphatic carbocycles. The molecule has 2 unspecified atom stereocenters. The molecule has 2 rings (SSSR count). The molecule has 1 fully saturated rings. The van der Waals surface area contributed by atoms with Crippen LogP contribution in [0.15, 0.2) is 17.5 Å². The Hall–Kier alpha value is -0.910. The smallest absolute Gasteiger partial charge is 0.307 e. The van der Waals surface area contributed by atoms with Crippen molar-refractivity contribution in [1.82, 2.24) is 4.90 Å². The van der Waals surface area contributed by atoms with Gasteiger partial charge in [-0.15, -0.1) is 11.3 Å². The number of esters is 1. The van der Waals surface area contributed by atoms with Gasteiger partial charge in [-0.2, -0.15) is 0 Å². The summed E-state index contributed by atoms with van der Waals surface area (Å²) in [7, 11) is 0. The summed E-state index contributed by atoms with van der Waals surface area (Å²) in [6.07, 6.45) is 3.00. The molecule has 5 heteroatoms. The SMILES string of the molecule is CC(C)(C)OC(=O)CCN1CCCC1CC(O)c1cccs1. The Morgan fingerprint density at radius 1 is 1.55 bits per heavy atom. The third-order valence-electron chi connectivity index (χ3n) is 3.89. The first-order valence-corrected chi connectivity index (χ1v) is 8.90. The molecule has 1 saturated heterocycles. The zero-order valence-electron chi connectivity index (χ0n) is 13.7. The summed E-state index contributed by atoms with van der Waals surface area (Å²) in [6.45, 7) is 7.39. The molecule has 0 spiro atoms. The Balaban J connectivity index is 1.79. The van der Waals surface area contributed by atoms with E-state index in [4.69, 9.17) is 4.74 Å². The van der Waals surface area contributed by atoms with Crippen LogP contribution < -0.4 is 0 Å². The molecule has 0 radical (unpaired) electrons. The van der Waals surface area contributed by atoms with Gasteiger partial charge in [-0.3, -0.25) is 9.69 Å². The second-order valence-corrected chi connectivity index (χ2v) is 7.91. The van der Waals surface area contributed by atoms with Crippen molar-refractivity contribution in [3.8, 4) is 0 Å². The van der Waals surface area contributed by atoms with Crippen LogP contribution in [-0.4, -0.2) is 40.7 Å². The minimum atomic E-state index is -0.420. The number of nitrogens with zero attached hydrogens (tertiary/aromatic N) is 1. The molecule has 0 saturated carbocycles. The van der Waals surface area contributed by atoms with Gasteiger partial charge in [0.15, 0.2) is 0 Å². The van der Waals surface area contributed by atoms with Crippen LogP contribution in [0.5, 0.6) is 0 Å². The number of rotatable bonds is 6. The summed E-state index contributed by atoms with van der Waals surface area (Å²) < 4.78 is 5.36. The lowest BCUT2D eigenvalue weighted by Crippen LogP contribution is -2.34. The first-order valence-electron chi connectivity index (χ1n) is 8.02. The maximum absolute atomic E-state index is 11.8. The van der Waals surface area contributed by atoms with Gasteiger partial charge in [-0.1, -0.05) is 6.07 Å². The molecule has 1 aromatic rings. The van der Waals surface area contributed by atoms with Crippen molar-refractivity contribution in [1.29, 1.82) is 0 Å². The average Bonchev–Trinajstić information content (AvgIpc) is 3.05. The lowest BCUT2D eigenvalue weighted by atomic mass is 10.1. The molecule has 4 nitrogen and oxygen atoms in total. The van der Waals surface area contributed by atoms with Crippen LogP contribution in [0.2, 0.25) is 0 Å². The van der Waals surface area contributed by atoms with Gasteiger partial charge >= 0.3 is 5.97 Å². The highest BCUT2D eigenvalue weighted by molar-refractivity contribution is 7.10. The lowest BCUT2D eigenvalue weighted by Gasteiger charge is -2.26. The number of hydrogen-bond donors (Lipinski definition) is 1. The van der Waals surface area contributed by atoms with Crippen molar-refractivity contribution < 1.29 is 14.6 Å². The lowest BCUT2D eigenvalue weighted by molar-refractivity contribution is -0.155. The van der Waals surface area contributed by atoms with Gasteiger partial charge in [0.05, 0.1) is 12.5 Å². The molecule has 1 N–H and O–H groups in total. The number of likely N-dealkylation sites (tertiary alicyclic amines) is 1. The minimum Gasteiger partial charge on any atom is -0.460 e. The number of thiophene rings is 1. The van der Waals surface area contributed by atoms with E-state index in [0.29, 0.717) is 12.5 Å². The summed E-state index contributed by atoms with van der Waals surface area (Å²) in [6, 6.07) is 4.31. The monoisotopic (exact) mass is 325 g/mol. The van der Waals surface area contributed by atoms with Gasteiger partial charge in [-0.25, -0.2) is 0 Å². The first-order chi connectivity index (χ1) is 10.3. The van der Waals surface area contributed by atoms with Gasteiger partial charge in [0.2, 0.25) is 0 Å². The van der Waals surface area contributed by atoms with Crippen LogP contribution in [0.4, 0.5) is 0 Å². The summed E-state index contributed by atoms with van der Waals surface area (Å²) in [5, 5.41) is 12.3. The number of hydrogen-bond acceptors (Lipinski definition) is 5. The topological polar surface area (TPSA) is 49.8 Å². The predicted octanol–water partition coefficient (Wildman–Crippen LogP) is 3.37. The molecule has 124 valence electrons. The van der Waals surface area contributed by atoms with E-state index in [2.05, 4.69) is 4.90 Å². The predicted molar refractivity (Wildman–Crippen MR) is 89.0 cm³/mol. The molecule has 1 aliphatic heterocycles. The maximum Gasteiger partial charge on any atom is 0.307 e. The molecule has 2 atom stereocenters. The molecule has 0 bridgehead atoms. The number of carbonyl (C=O) groups is 1. The number of aliphatic hydroxyl groups excluding tert-OH is 1. The minimum absolute atomic E-state index is 0.142. The van der Waals surface area contributed by atoms with Crippen molar-refractivity contribution in [2.75, 3.05) is 13.1 Å². The molecule has 0 aromatic carbocycles. The summed E-state index contributed by atoms with van der Waals surface area (Å²) in [4.78, 5) is 15.2. The Morgan fingerprint density at radius 2 is 2.32 bits per heavy atom. The van der Waals surface area contributed by atoms with Crippen molar-refractivity contribution in [2.45, 2.75) is 64.2 Å². The van der Waals surface area contributed by atoms with Crippen LogP contribution in [-0.2, 0) is 9.53 Å². The van der Waals surface area contributed by atoms with Gasteiger partial charge < -0.3 is 9.84 Å². The molecule has 22 heavy (non-hydrogen) atoms. The zero-order chi connectivity index (χ0) is 16.2. The largest absolute Gasteiger partial charge is 0.460 e. The second kappa shape index (κ2) is 7.57. The quantitative estimate of drug-likeness (QED) is 0.815.